The number of nitrogens with two attached hydrogens (primary N) is 1. The Hall–Kier alpha value is -0.560. The summed E-state index contributed by atoms with van der Waals surface area (Å²) in [6.07, 6.45) is 5.92. The molecular formula is C9H19N. The van der Waals surface area contributed by atoms with E-state index >= 15 is 0 Å². The molecule has 0 aromatic carbocycles. The lowest BCUT2D eigenvalue weighted by atomic mass is 10.3. The second-order valence-corrected chi connectivity index (χ2v) is 2.17. The van der Waals surface area contributed by atoms with Gasteiger partial charge in [-0.05, 0) is 27.7 Å². The molecule has 0 aliphatic heterocycles. The SMILES string of the molecule is CC=C(C)C.CC=CCN. The van der Waals surface area contributed by atoms with Gasteiger partial charge in [0.1, 0.15) is 0 Å². The first-order chi connectivity index (χ1) is 4.68. The van der Waals surface area contributed by atoms with Crippen LogP contribution in [0.15, 0.2) is 23.8 Å². The zero-order chi connectivity index (χ0) is 8.41. The number of rotatable bonds is 1. The van der Waals surface area contributed by atoms with E-state index in [-0.39, 0.29) is 0 Å². The fourth-order valence-electron chi connectivity index (χ4n) is 0.136. The highest BCUT2D eigenvalue weighted by Crippen LogP contribution is 1.82. The summed E-state index contributed by atoms with van der Waals surface area (Å²) in [6.45, 7) is 8.82. The van der Waals surface area contributed by atoms with Crippen LogP contribution < -0.4 is 5.73 Å². The Morgan fingerprint density at radius 1 is 1.30 bits per heavy atom. The van der Waals surface area contributed by atoms with Crippen LogP contribution in [0, 0.1) is 0 Å². The van der Waals surface area contributed by atoms with Gasteiger partial charge in [-0.25, -0.2) is 0 Å². The van der Waals surface area contributed by atoms with Crippen molar-refractivity contribution >= 4 is 0 Å². The van der Waals surface area contributed by atoms with Crippen LogP contribution in [0.3, 0.4) is 0 Å². The molecule has 0 spiro atoms. The molecule has 1 heteroatoms. The summed E-state index contributed by atoms with van der Waals surface area (Å²) >= 11 is 0. The molecule has 0 amide bonds. The lowest BCUT2D eigenvalue weighted by Gasteiger charge is -1.74. The molecule has 0 radical (unpaired) electrons. The van der Waals surface area contributed by atoms with Gasteiger partial charge < -0.3 is 5.73 Å². The maximum atomic E-state index is 5.05. The minimum Gasteiger partial charge on any atom is -0.327 e. The van der Waals surface area contributed by atoms with Gasteiger partial charge in [-0.1, -0.05) is 23.8 Å². The molecular weight excluding hydrogens is 122 g/mol. The predicted molar refractivity (Wildman–Crippen MR) is 49.0 cm³/mol. The predicted octanol–water partition coefficient (Wildman–Crippen LogP) is 2.49. The van der Waals surface area contributed by atoms with Crippen LogP contribution in [0.4, 0.5) is 0 Å². The molecule has 0 aromatic rings. The maximum Gasteiger partial charge on any atom is 0.0106 e. The first-order valence-electron chi connectivity index (χ1n) is 3.59. The molecule has 0 aromatic heterocycles. The van der Waals surface area contributed by atoms with Gasteiger partial charge in [0, 0.05) is 6.54 Å². The summed E-state index contributed by atoms with van der Waals surface area (Å²) in [7, 11) is 0. The van der Waals surface area contributed by atoms with Crippen LogP contribution in [0.5, 0.6) is 0 Å². The molecule has 0 saturated carbocycles. The fourth-order valence-corrected chi connectivity index (χ4v) is 0.136. The van der Waals surface area contributed by atoms with Gasteiger partial charge >= 0.3 is 0 Å². The van der Waals surface area contributed by atoms with E-state index in [9.17, 15) is 0 Å². The Morgan fingerprint density at radius 2 is 1.70 bits per heavy atom. The van der Waals surface area contributed by atoms with Gasteiger partial charge in [0.05, 0.1) is 0 Å². The average molecular weight is 141 g/mol. The van der Waals surface area contributed by atoms with Crippen molar-refractivity contribution in [2.45, 2.75) is 27.7 Å². The van der Waals surface area contributed by atoms with Crippen molar-refractivity contribution in [3.8, 4) is 0 Å². The molecule has 0 unspecified atom stereocenters. The van der Waals surface area contributed by atoms with Gasteiger partial charge in [0.15, 0.2) is 0 Å². The summed E-state index contributed by atoms with van der Waals surface area (Å²) in [5.41, 5.74) is 6.43. The zero-order valence-electron chi connectivity index (χ0n) is 7.52. The molecule has 0 aliphatic carbocycles. The lowest BCUT2D eigenvalue weighted by Crippen LogP contribution is -1.90. The van der Waals surface area contributed by atoms with Crippen molar-refractivity contribution in [3.05, 3.63) is 23.8 Å². The second-order valence-electron chi connectivity index (χ2n) is 2.17. The highest BCUT2D eigenvalue weighted by atomic mass is 14.5. The molecule has 0 rings (SSSR count). The van der Waals surface area contributed by atoms with E-state index in [1.54, 1.807) is 0 Å². The second kappa shape index (κ2) is 11.3. The van der Waals surface area contributed by atoms with E-state index in [0.717, 1.165) is 0 Å². The van der Waals surface area contributed by atoms with Gasteiger partial charge in [0.25, 0.3) is 0 Å². The smallest absolute Gasteiger partial charge is 0.0106 e. The van der Waals surface area contributed by atoms with Crippen LogP contribution in [-0.4, -0.2) is 6.54 Å². The molecule has 60 valence electrons. The van der Waals surface area contributed by atoms with E-state index < -0.39 is 0 Å². The minimum atomic E-state index is 0.663. The monoisotopic (exact) mass is 141 g/mol. The standard InChI is InChI=1S/C5H10.C4H9N/c1-4-5(2)3;1-2-3-4-5/h4H,1-3H3;2-3H,4-5H2,1H3. The third-order valence-electron chi connectivity index (χ3n) is 0.949. The van der Waals surface area contributed by atoms with Crippen LogP contribution in [0.1, 0.15) is 27.7 Å². The van der Waals surface area contributed by atoms with Gasteiger partial charge in [-0.15, -0.1) is 0 Å². The zero-order valence-corrected chi connectivity index (χ0v) is 7.52. The highest BCUT2D eigenvalue weighted by Gasteiger charge is 1.60. The van der Waals surface area contributed by atoms with Crippen molar-refractivity contribution < 1.29 is 0 Å². The maximum absolute atomic E-state index is 5.05. The summed E-state index contributed by atoms with van der Waals surface area (Å²) in [5.74, 6) is 0. The quantitative estimate of drug-likeness (QED) is 0.558. The van der Waals surface area contributed by atoms with Crippen LogP contribution in [0.25, 0.3) is 0 Å². The summed E-state index contributed by atoms with van der Waals surface area (Å²) < 4.78 is 0. The number of hydrogen-bond acceptors (Lipinski definition) is 1. The molecule has 0 aliphatic rings. The Kier molecular flexibility index (Phi) is 13.7. The Balaban J connectivity index is 0. The Bertz CT molecular complexity index is 97.3. The van der Waals surface area contributed by atoms with E-state index in [1.165, 1.54) is 5.57 Å². The molecule has 0 atom stereocenters. The normalized spacial score (nSPS) is 8.50. The van der Waals surface area contributed by atoms with Gasteiger partial charge in [-0.2, -0.15) is 0 Å². The van der Waals surface area contributed by atoms with Crippen molar-refractivity contribution in [1.29, 1.82) is 0 Å². The summed E-state index contributed by atoms with van der Waals surface area (Å²) in [6, 6.07) is 0. The van der Waals surface area contributed by atoms with E-state index in [0.29, 0.717) is 6.54 Å². The fraction of sp³-hybridized carbons (Fsp3) is 0.556. The lowest BCUT2D eigenvalue weighted by molar-refractivity contribution is 1.25. The summed E-state index contributed by atoms with van der Waals surface area (Å²) in [4.78, 5) is 0. The highest BCUT2D eigenvalue weighted by molar-refractivity contribution is 4.88. The average Bonchev–Trinajstić information content (AvgIpc) is 1.91. The number of allylic oxidation sites excluding steroid dienone is 3. The largest absolute Gasteiger partial charge is 0.327 e. The Morgan fingerprint density at radius 3 is 1.70 bits per heavy atom. The van der Waals surface area contributed by atoms with E-state index in [1.807, 2.05) is 26.0 Å². The van der Waals surface area contributed by atoms with E-state index in [4.69, 9.17) is 5.73 Å². The van der Waals surface area contributed by atoms with Crippen molar-refractivity contribution in [1.82, 2.24) is 0 Å². The first-order valence-corrected chi connectivity index (χ1v) is 3.59. The van der Waals surface area contributed by atoms with Gasteiger partial charge in [-0.3, -0.25) is 0 Å². The molecule has 0 heterocycles. The van der Waals surface area contributed by atoms with E-state index in [2.05, 4.69) is 19.9 Å². The number of hydrogen-bond donors (Lipinski definition) is 1. The van der Waals surface area contributed by atoms with Crippen LogP contribution in [-0.2, 0) is 0 Å². The first kappa shape index (κ1) is 12.1. The van der Waals surface area contributed by atoms with Crippen LogP contribution in [0.2, 0.25) is 0 Å². The van der Waals surface area contributed by atoms with Crippen molar-refractivity contribution in [2.75, 3.05) is 6.54 Å². The minimum absolute atomic E-state index is 0.663. The van der Waals surface area contributed by atoms with Gasteiger partial charge in [0.2, 0.25) is 0 Å². The molecule has 2 N–H and O–H groups in total. The van der Waals surface area contributed by atoms with Crippen molar-refractivity contribution in [2.24, 2.45) is 5.73 Å². The Labute approximate surface area is 64.6 Å². The van der Waals surface area contributed by atoms with Crippen LogP contribution >= 0.6 is 0 Å². The molecule has 10 heavy (non-hydrogen) atoms. The molecule has 0 fully saturated rings. The topological polar surface area (TPSA) is 26.0 Å². The molecule has 0 saturated heterocycles. The third-order valence-corrected chi connectivity index (χ3v) is 0.949. The third kappa shape index (κ3) is 26.1. The molecule has 1 nitrogen and oxygen atoms in total. The van der Waals surface area contributed by atoms with Crippen molar-refractivity contribution in [3.63, 3.8) is 0 Å². The molecule has 0 bridgehead atoms. The summed E-state index contributed by atoms with van der Waals surface area (Å²) in [5, 5.41) is 0.